The smallest absolute Gasteiger partial charge is 0.238 e. The quantitative estimate of drug-likeness (QED) is 0.188. The maximum Gasteiger partial charge on any atom is 0.238 e. The SMILES string of the molecule is c1ccc(-c2cccc(-c3nc(-c4ccccc4)nc(-n4c5ccccc5c5ccc(-c6cccc7oc8ccccc8c67)cc54)n3)c2)cc1. The lowest BCUT2D eigenvalue weighted by molar-refractivity contribution is 0.669. The Morgan fingerprint density at radius 3 is 1.84 bits per heavy atom. The summed E-state index contributed by atoms with van der Waals surface area (Å²) in [7, 11) is 0. The lowest BCUT2D eigenvalue weighted by Gasteiger charge is -2.12. The third-order valence-electron chi connectivity index (χ3n) is 9.47. The van der Waals surface area contributed by atoms with Crippen molar-refractivity contribution in [3.05, 3.63) is 170 Å². The van der Waals surface area contributed by atoms with E-state index in [2.05, 4.69) is 120 Å². The number of furan rings is 1. The van der Waals surface area contributed by atoms with E-state index in [0.717, 1.165) is 77.1 Å². The maximum absolute atomic E-state index is 6.26. The van der Waals surface area contributed by atoms with Crippen molar-refractivity contribution < 1.29 is 4.42 Å². The van der Waals surface area contributed by atoms with Crippen LogP contribution in [0.15, 0.2) is 174 Å². The van der Waals surface area contributed by atoms with Crippen molar-refractivity contribution in [2.24, 2.45) is 0 Å². The lowest BCUT2D eigenvalue weighted by Crippen LogP contribution is -2.06. The molecular weight excluding hydrogens is 613 g/mol. The highest BCUT2D eigenvalue weighted by atomic mass is 16.3. The number of aromatic nitrogens is 4. The van der Waals surface area contributed by atoms with Crippen LogP contribution in [0.25, 0.3) is 94.7 Å². The summed E-state index contributed by atoms with van der Waals surface area (Å²) in [6.45, 7) is 0. The molecule has 234 valence electrons. The second kappa shape index (κ2) is 11.4. The molecule has 5 nitrogen and oxygen atoms in total. The molecule has 0 spiro atoms. The van der Waals surface area contributed by atoms with E-state index in [0.29, 0.717) is 17.6 Å². The topological polar surface area (TPSA) is 56.7 Å². The van der Waals surface area contributed by atoms with E-state index in [4.69, 9.17) is 19.4 Å². The molecule has 0 N–H and O–H groups in total. The Labute approximate surface area is 287 Å². The zero-order valence-electron chi connectivity index (χ0n) is 26.9. The third-order valence-corrected chi connectivity index (χ3v) is 9.47. The molecule has 10 rings (SSSR count). The number of rotatable bonds is 5. The second-order valence-electron chi connectivity index (χ2n) is 12.5. The van der Waals surface area contributed by atoms with Gasteiger partial charge in [-0.25, -0.2) is 4.98 Å². The molecule has 0 radical (unpaired) electrons. The molecule has 0 amide bonds. The summed E-state index contributed by atoms with van der Waals surface area (Å²) in [5.74, 6) is 1.80. The molecule has 5 heteroatoms. The van der Waals surface area contributed by atoms with Gasteiger partial charge in [-0.3, -0.25) is 4.57 Å². The van der Waals surface area contributed by atoms with E-state index >= 15 is 0 Å². The van der Waals surface area contributed by atoms with Crippen molar-refractivity contribution in [1.29, 1.82) is 0 Å². The first-order valence-corrected chi connectivity index (χ1v) is 16.7. The van der Waals surface area contributed by atoms with Crippen molar-refractivity contribution in [3.63, 3.8) is 0 Å². The molecule has 0 aliphatic heterocycles. The van der Waals surface area contributed by atoms with Crippen LogP contribution in [0.3, 0.4) is 0 Å². The molecule has 0 fully saturated rings. The minimum atomic E-state index is 0.564. The Balaban J connectivity index is 1.23. The van der Waals surface area contributed by atoms with E-state index in [9.17, 15) is 0 Å². The average molecular weight is 641 g/mol. The second-order valence-corrected chi connectivity index (χ2v) is 12.5. The summed E-state index contributed by atoms with van der Waals surface area (Å²) in [6.07, 6.45) is 0. The summed E-state index contributed by atoms with van der Waals surface area (Å²) in [5.41, 5.74) is 10.1. The molecule has 0 saturated carbocycles. The van der Waals surface area contributed by atoms with Gasteiger partial charge < -0.3 is 4.42 Å². The molecule has 3 heterocycles. The summed E-state index contributed by atoms with van der Waals surface area (Å²) in [4.78, 5) is 15.4. The molecule has 0 aliphatic carbocycles. The van der Waals surface area contributed by atoms with Gasteiger partial charge in [-0.05, 0) is 52.6 Å². The van der Waals surface area contributed by atoms with Crippen LogP contribution in [0.5, 0.6) is 0 Å². The Kier molecular flexibility index (Phi) is 6.42. The van der Waals surface area contributed by atoms with Crippen molar-refractivity contribution in [2.45, 2.75) is 0 Å². The Bertz CT molecular complexity index is 2870. The number of benzene rings is 7. The molecule has 50 heavy (non-hydrogen) atoms. The van der Waals surface area contributed by atoms with E-state index in [1.165, 1.54) is 0 Å². The fourth-order valence-corrected chi connectivity index (χ4v) is 7.15. The highest BCUT2D eigenvalue weighted by molar-refractivity contribution is 6.14. The summed E-state index contributed by atoms with van der Waals surface area (Å²) < 4.78 is 8.44. The number of hydrogen-bond acceptors (Lipinski definition) is 4. The van der Waals surface area contributed by atoms with Gasteiger partial charge in [-0.2, -0.15) is 9.97 Å². The Morgan fingerprint density at radius 2 is 1.00 bits per heavy atom. The molecule has 10 aromatic rings. The number of fused-ring (bicyclic) bond motifs is 6. The first-order valence-electron chi connectivity index (χ1n) is 16.7. The van der Waals surface area contributed by atoms with Crippen molar-refractivity contribution in [1.82, 2.24) is 19.5 Å². The Morgan fingerprint density at radius 1 is 0.380 bits per heavy atom. The van der Waals surface area contributed by atoms with Crippen LogP contribution in [-0.4, -0.2) is 19.5 Å². The van der Waals surface area contributed by atoms with Crippen LogP contribution in [0.4, 0.5) is 0 Å². The fourth-order valence-electron chi connectivity index (χ4n) is 7.15. The highest BCUT2D eigenvalue weighted by Crippen LogP contribution is 2.40. The first-order chi connectivity index (χ1) is 24.8. The van der Waals surface area contributed by atoms with Gasteiger partial charge in [-0.15, -0.1) is 0 Å². The highest BCUT2D eigenvalue weighted by Gasteiger charge is 2.20. The van der Waals surface area contributed by atoms with Gasteiger partial charge in [0.05, 0.1) is 11.0 Å². The normalized spacial score (nSPS) is 11.6. The first kappa shape index (κ1) is 28.2. The minimum Gasteiger partial charge on any atom is -0.456 e. The van der Waals surface area contributed by atoms with Crippen LogP contribution in [0, 0.1) is 0 Å². The van der Waals surface area contributed by atoms with Crippen LogP contribution >= 0.6 is 0 Å². The average Bonchev–Trinajstić information content (AvgIpc) is 3.74. The van der Waals surface area contributed by atoms with Crippen molar-refractivity contribution in [2.75, 3.05) is 0 Å². The zero-order chi connectivity index (χ0) is 33.0. The van der Waals surface area contributed by atoms with Crippen LogP contribution in [0.1, 0.15) is 0 Å². The molecule has 0 bridgehead atoms. The largest absolute Gasteiger partial charge is 0.456 e. The van der Waals surface area contributed by atoms with Gasteiger partial charge in [0, 0.05) is 32.7 Å². The monoisotopic (exact) mass is 640 g/mol. The number of hydrogen-bond donors (Lipinski definition) is 0. The number of para-hydroxylation sites is 2. The minimum absolute atomic E-state index is 0.564. The van der Waals surface area contributed by atoms with E-state index in [-0.39, 0.29) is 0 Å². The maximum atomic E-state index is 6.26. The molecule has 3 aromatic heterocycles. The van der Waals surface area contributed by atoms with Gasteiger partial charge in [0.1, 0.15) is 11.2 Å². The third kappa shape index (κ3) is 4.60. The lowest BCUT2D eigenvalue weighted by atomic mass is 9.98. The van der Waals surface area contributed by atoms with Crippen LogP contribution in [0.2, 0.25) is 0 Å². The molecule has 0 atom stereocenters. The summed E-state index contributed by atoms with van der Waals surface area (Å²) >= 11 is 0. The van der Waals surface area contributed by atoms with Crippen molar-refractivity contribution >= 4 is 43.7 Å². The van der Waals surface area contributed by atoms with Gasteiger partial charge in [0.15, 0.2) is 11.6 Å². The van der Waals surface area contributed by atoms with E-state index < -0.39 is 0 Å². The molecule has 0 saturated heterocycles. The zero-order valence-corrected chi connectivity index (χ0v) is 26.9. The predicted molar refractivity (Wildman–Crippen MR) is 203 cm³/mol. The summed E-state index contributed by atoms with van der Waals surface area (Å²) in [5, 5.41) is 4.47. The van der Waals surface area contributed by atoms with E-state index in [1.54, 1.807) is 0 Å². The molecular formula is C45H28N4O. The van der Waals surface area contributed by atoms with Gasteiger partial charge >= 0.3 is 0 Å². The molecule has 0 aliphatic rings. The van der Waals surface area contributed by atoms with Gasteiger partial charge in [-0.1, -0.05) is 140 Å². The Hall–Kier alpha value is -6.85. The summed E-state index contributed by atoms with van der Waals surface area (Å²) in [6, 6.07) is 58.6. The van der Waals surface area contributed by atoms with E-state index in [1.807, 2.05) is 54.6 Å². The van der Waals surface area contributed by atoms with Crippen molar-refractivity contribution in [3.8, 4) is 51.0 Å². The fraction of sp³-hybridized carbons (Fsp3) is 0. The molecule has 0 unspecified atom stereocenters. The van der Waals surface area contributed by atoms with Crippen LogP contribution < -0.4 is 0 Å². The standard InChI is InChI=1S/C45H28N4O/c1-3-13-29(14-4-1)31-17-11-18-33(27-31)44-46-43(30-15-5-2-6-16-30)47-45(48-44)49-38-22-9-7-19-35(38)36-26-25-32(28-39(36)49)34-21-12-24-41-42(34)37-20-8-10-23-40(37)50-41/h1-28H. The van der Waals surface area contributed by atoms with Gasteiger partial charge in [0.25, 0.3) is 0 Å². The van der Waals surface area contributed by atoms with Gasteiger partial charge in [0.2, 0.25) is 5.95 Å². The number of nitrogens with zero attached hydrogens (tertiary/aromatic N) is 4. The molecule has 7 aromatic carbocycles. The predicted octanol–water partition coefficient (Wildman–Crippen LogP) is 11.5. The van der Waals surface area contributed by atoms with Crippen LogP contribution in [-0.2, 0) is 0 Å².